The van der Waals surface area contributed by atoms with Crippen LogP contribution in [0.15, 0.2) is 46.4 Å². The summed E-state index contributed by atoms with van der Waals surface area (Å²) in [6.07, 6.45) is 2.74. The predicted octanol–water partition coefficient (Wildman–Crippen LogP) is 2.81. The molecule has 2 aromatic rings. The monoisotopic (exact) mass is 538 g/mol. The van der Waals surface area contributed by atoms with Gasteiger partial charge in [-0.1, -0.05) is 23.7 Å². The molecule has 28 heavy (non-hydrogen) atoms. The SMILES string of the molecule is CN=C(NCCOc1ccc(Cl)cn1)NCc1ccc(S(C)(=O)=O)c(C)c1.I. The summed E-state index contributed by atoms with van der Waals surface area (Å²) in [6.45, 7) is 3.26. The van der Waals surface area contributed by atoms with E-state index in [9.17, 15) is 8.42 Å². The lowest BCUT2D eigenvalue weighted by molar-refractivity contribution is 0.309. The Morgan fingerprint density at radius 3 is 2.57 bits per heavy atom. The molecule has 0 aliphatic rings. The van der Waals surface area contributed by atoms with E-state index in [1.807, 2.05) is 6.07 Å². The van der Waals surface area contributed by atoms with Crippen LogP contribution in [0.4, 0.5) is 0 Å². The van der Waals surface area contributed by atoms with Gasteiger partial charge in [0.25, 0.3) is 0 Å². The number of hydrogen-bond donors (Lipinski definition) is 2. The van der Waals surface area contributed by atoms with Crippen LogP contribution in [0.2, 0.25) is 5.02 Å². The molecule has 7 nitrogen and oxygen atoms in total. The molecule has 1 heterocycles. The van der Waals surface area contributed by atoms with Crippen molar-refractivity contribution in [2.45, 2.75) is 18.4 Å². The normalized spacial score (nSPS) is 11.5. The number of aliphatic imine (C=N–C) groups is 1. The molecule has 0 unspecified atom stereocenters. The van der Waals surface area contributed by atoms with E-state index in [-0.39, 0.29) is 24.0 Å². The van der Waals surface area contributed by atoms with E-state index in [2.05, 4.69) is 20.6 Å². The zero-order chi connectivity index (χ0) is 19.9. The summed E-state index contributed by atoms with van der Waals surface area (Å²) in [5.41, 5.74) is 1.69. The van der Waals surface area contributed by atoms with Crippen molar-refractivity contribution in [1.82, 2.24) is 15.6 Å². The van der Waals surface area contributed by atoms with Gasteiger partial charge >= 0.3 is 0 Å². The third kappa shape index (κ3) is 7.80. The van der Waals surface area contributed by atoms with Crippen LogP contribution in [0.1, 0.15) is 11.1 Å². The van der Waals surface area contributed by atoms with E-state index in [1.165, 1.54) is 12.5 Å². The van der Waals surface area contributed by atoms with Crippen LogP contribution in [0.25, 0.3) is 0 Å². The molecule has 2 rings (SSSR count). The Bertz CT molecular complexity index is 906. The molecule has 1 aromatic heterocycles. The summed E-state index contributed by atoms with van der Waals surface area (Å²) in [5.74, 6) is 1.12. The van der Waals surface area contributed by atoms with Gasteiger partial charge in [-0.15, -0.1) is 24.0 Å². The molecule has 0 amide bonds. The molecule has 0 bridgehead atoms. The molecule has 0 atom stereocenters. The first-order valence-electron chi connectivity index (χ1n) is 8.28. The predicted molar refractivity (Wildman–Crippen MR) is 123 cm³/mol. The van der Waals surface area contributed by atoms with Crippen LogP contribution in [0.3, 0.4) is 0 Å². The molecule has 10 heteroatoms. The summed E-state index contributed by atoms with van der Waals surface area (Å²) >= 11 is 5.77. The quantitative estimate of drug-likeness (QED) is 0.244. The molecular weight excluding hydrogens is 515 g/mol. The van der Waals surface area contributed by atoms with E-state index in [1.54, 1.807) is 38.2 Å². The van der Waals surface area contributed by atoms with Crippen LogP contribution in [0, 0.1) is 6.92 Å². The van der Waals surface area contributed by atoms with Crippen LogP contribution in [-0.2, 0) is 16.4 Å². The number of benzene rings is 1. The first kappa shape index (κ1) is 24.4. The minimum atomic E-state index is -3.21. The van der Waals surface area contributed by atoms with Crippen molar-refractivity contribution in [1.29, 1.82) is 0 Å². The molecule has 0 fully saturated rings. The largest absolute Gasteiger partial charge is 0.476 e. The lowest BCUT2D eigenvalue weighted by Crippen LogP contribution is -2.38. The molecule has 0 saturated carbocycles. The van der Waals surface area contributed by atoms with Gasteiger partial charge in [0.15, 0.2) is 15.8 Å². The zero-order valence-electron chi connectivity index (χ0n) is 15.9. The van der Waals surface area contributed by atoms with Crippen molar-refractivity contribution in [3.8, 4) is 5.88 Å². The van der Waals surface area contributed by atoms with Gasteiger partial charge in [0.05, 0.1) is 16.5 Å². The average Bonchev–Trinajstić information content (AvgIpc) is 2.61. The second kappa shape index (κ2) is 11.4. The maximum atomic E-state index is 11.7. The van der Waals surface area contributed by atoms with Gasteiger partial charge in [-0.05, 0) is 30.2 Å². The smallest absolute Gasteiger partial charge is 0.213 e. The Morgan fingerprint density at radius 1 is 1.25 bits per heavy atom. The minimum Gasteiger partial charge on any atom is -0.476 e. The van der Waals surface area contributed by atoms with E-state index in [0.29, 0.717) is 41.5 Å². The van der Waals surface area contributed by atoms with Gasteiger partial charge in [0.2, 0.25) is 5.88 Å². The van der Waals surface area contributed by atoms with Crippen LogP contribution in [0.5, 0.6) is 5.88 Å². The third-order valence-corrected chi connectivity index (χ3v) is 5.15. The fourth-order valence-electron chi connectivity index (χ4n) is 2.42. The Morgan fingerprint density at radius 2 is 2.00 bits per heavy atom. The van der Waals surface area contributed by atoms with Gasteiger partial charge in [-0.3, -0.25) is 4.99 Å². The number of aryl methyl sites for hydroxylation is 1. The Hall–Kier alpha value is -1.59. The maximum absolute atomic E-state index is 11.7. The van der Waals surface area contributed by atoms with E-state index in [4.69, 9.17) is 16.3 Å². The molecule has 0 aliphatic carbocycles. The second-order valence-corrected chi connectivity index (χ2v) is 8.31. The average molecular weight is 539 g/mol. The van der Waals surface area contributed by atoms with Crippen molar-refractivity contribution in [3.05, 3.63) is 52.7 Å². The fourth-order valence-corrected chi connectivity index (χ4v) is 3.49. The number of guanidine groups is 1. The van der Waals surface area contributed by atoms with Crippen LogP contribution >= 0.6 is 35.6 Å². The van der Waals surface area contributed by atoms with E-state index < -0.39 is 9.84 Å². The summed E-state index contributed by atoms with van der Waals surface area (Å²) in [7, 11) is -1.53. The summed E-state index contributed by atoms with van der Waals surface area (Å²) < 4.78 is 28.9. The summed E-state index contributed by atoms with van der Waals surface area (Å²) in [4.78, 5) is 8.55. The number of nitrogens with one attached hydrogen (secondary N) is 2. The molecule has 0 saturated heterocycles. The number of ether oxygens (including phenoxy) is 1. The number of hydrogen-bond acceptors (Lipinski definition) is 5. The molecule has 0 spiro atoms. The Kier molecular flexibility index (Phi) is 9.97. The highest BCUT2D eigenvalue weighted by Gasteiger charge is 2.10. The Balaban J connectivity index is 0.00000392. The zero-order valence-corrected chi connectivity index (χ0v) is 19.8. The summed E-state index contributed by atoms with van der Waals surface area (Å²) in [5, 5.41) is 6.87. The molecule has 2 N–H and O–H groups in total. The highest BCUT2D eigenvalue weighted by Crippen LogP contribution is 2.16. The van der Waals surface area contributed by atoms with Gasteiger partial charge in [-0.2, -0.15) is 0 Å². The third-order valence-electron chi connectivity index (χ3n) is 3.67. The molecular formula is C18H24ClIN4O3S. The highest BCUT2D eigenvalue weighted by molar-refractivity contribution is 14.0. The van der Waals surface area contributed by atoms with Crippen molar-refractivity contribution in [3.63, 3.8) is 0 Å². The number of halogens is 2. The molecule has 154 valence electrons. The highest BCUT2D eigenvalue weighted by atomic mass is 127. The molecule has 0 radical (unpaired) electrons. The van der Waals surface area contributed by atoms with Crippen molar-refractivity contribution in [2.75, 3.05) is 26.5 Å². The van der Waals surface area contributed by atoms with Crippen molar-refractivity contribution < 1.29 is 13.2 Å². The van der Waals surface area contributed by atoms with Crippen molar-refractivity contribution in [2.24, 2.45) is 4.99 Å². The van der Waals surface area contributed by atoms with Gasteiger partial charge in [0, 0.05) is 32.1 Å². The van der Waals surface area contributed by atoms with Crippen LogP contribution in [-0.4, -0.2) is 45.8 Å². The van der Waals surface area contributed by atoms with Gasteiger partial charge < -0.3 is 15.4 Å². The number of aromatic nitrogens is 1. The van der Waals surface area contributed by atoms with Crippen LogP contribution < -0.4 is 15.4 Å². The second-order valence-electron chi connectivity index (χ2n) is 5.89. The standard InChI is InChI=1S/C18H23ClN4O3S.HI/c1-13-10-14(4-6-16(13)27(3,24)25)11-23-18(20-2)21-8-9-26-17-7-5-15(19)12-22-17;/h4-7,10,12H,8-9,11H2,1-3H3,(H2,20,21,23);1H. The summed E-state index contributed by atoms with van der Waals surface area (Å²) in [6, 6.07) is 8.70. The lowest BCUT2D eigenvalue weighted by atomic mass is 10.1. The first-order chi connectivity index (χ1) is 12.8. The number of pyridine rings is 1. The minimum absolute atomic E-state index is 0. The van der Waals surface area contributed by atoms with E-state index in [0.717, 1.165) is 11.1 Å². The fraction of sp³-hybridized carbons (Fsp3) is 0.333. The van der Waals surface area contributed by atoms with Gasteiger partial charge in [0.1, 0.15) is 6.61 Å². The molecule has 0 aliphatic heterocycles. The van der Waals surface area contributed by atoms with Crippen molar-refractivity contribution >= 4 is 51.4 Å². The molecule has 1 aromatic carbocycles. The first-order valence-corrected chi connectivity index (χ1v) is 10.5. The number of nitrogens with zero attached hydrogens (tertiary/aromatic N) is 2. The number of rotatable bonds is 7. The van der Waals surface area contributed by atoms with E-state index >= 15 is 0 Å². The maximum Gasteiger partial charge on any atom is 0.213 e. The Labute approximate surface area is 187 Å². The topological polar surface area (TPSA) is 92.7 Å². The van der Waals surface area contributed by atoms with Gasteiger partial charge in [-0.25, -0.2) is 13.4 Å². The lowest BCUT2D eigenvalue weighted by Gasteiger charge is -2.13. The number of sulfone groups is 1.